The minimum atomic E-state index is -3.33. The summed E-state index contributed by atoms with van der Waals surface area (Å²) in [7, 11) is -3.33. The van der Waals surface area contributed by atoms with Crippen LogP contribution in [0.25, 0.3) is 0 Å². The number of carbonyl (C=O) groups is 1. The molecule has 7 nitrogen and oxygen atoms in total. The number of carbonyl (C=O) groups excluding carboxylic acids is 1. The minimum Gasteiger partial charge on any atom is -0.392 e. The van der Waals surface area contributed by atoms with Crippen molar-refractivity contribution in [3.63, 3.8) is 0 Å². The highest BCUT2D eigenvalue weighted by molar-refractivity contribution is 7.92. The number of hydrogen-bond donors (Lipinski definition) is 4. The number of β-amino-alcohol motifs (C(OH)–C–C–N with tert-alkyl or cyclic N) is 1. The summed E-state index contributed by atoms with van der Waals surface area (Å²) >= 11 is 0. The molecule has 4 N–H and O–H groups in total. The van der Waals surface area contributed by atoms with Crippen LogP contribution in [0.4, 0.5) is 11.4 Å². The van der Waals surface area contributed by atoms with E-state index in [0.717, 1.165) is 6.42 Å². The smallest absolute Gasteiger partial charge is 0.241 e. The standard InChI is InChI=1S/C15H23N3O4S.ClH/c1-2-3-8-23(21,22)18-12-6-4-11(5-7-12)17-15(20)14-9-13(19)10-16-14;/h4-7,13-14,16,18-19H,2-3,8-10H2,1H3,(H,17,20);1H. The van der Waals surface area contributed by atoms with Gasteiger partial charge in [0, 0.05) is 17.9 Å². The Morgan fingerprint density at radius 1 is 1.29 bits per heavy atom. The molecule has 1 aromatic carbocycles. The zero-order valence-corrected chi connectivity index (χ0v) is 15.1. The molecule has 1 saturated heterocycles. The van der Waals surface area contributed by atoms with Crippen molar-refractivity contribution in [2.45, 2.75) is 38.3 Å². The number of anilines is 2. The van der Waals surface area contributed by atoms with Crippen LogP contribution < -0.4 is 15.4 Å². The number of aliphatic hydroxyl groups is 1. The van der Waals surface area contributed by atoms with Crippen LogP contribution in [-0.2, 0) is 14.8 Å². The van der Waals surface area contributed by atoms with Gasteiger partial charge in [-0.05, 0) is 37.1 Å². The van der Waals surface area contributed by atoms with E-state index in [1.54, 1.807) is 24.3 Å². The number of halogens is 1. The van der Waals surface area contributed by atoms with Crippen LogP contribution in [0.5, 0.6) is 0 Å². The molecule has 0 radical (unpaired) electrons. The molecule has 0 spiro atoms. The summed E-state index contributed by atoms with van der Waals surface area (Å²) < 4.78 is 26.1. The Labute approximate surface area is 148 Å². The van der Waals surface area contributed by atoms with Gasteiger partial charge in [-0.3, -0.25) is 9.52 Å². The van der Waals surface area contributed by atoms with E-state index in [1.165, 1.54) is 0 Å². The van der Waals surface area contributed by atoms with E-state index in [2.05, 4.69) is 15.4 Å². The number of rotatable bonds is 7. The first kappa shape index (κ1) is 20.7. The lowest BCUT2D eigenvalue weighted by atomic mass is 10.2. The number of amides is 1. The maximum Gasteiger partial charge on any atom is 0.241 e. The Hall–Kier alpha value is -1.35. The van der Waals surface area contributed by atoms with Crippen molar-refractivity contribution in [3.8, 4) is 0 Å². The van der Waals surface area contributed by atoms with Gasteiger partial charge < -0.3 is 15.7 Å². The Balaban J connectivity index is 0.00000288. The average molecular weight is 378 g/mol. The van der Waals surface area contributed by atoms with E-state index in [9.17, 15) is 18.3 Å². The summed E-state index contributed by atoms with van der Waals surface area (Å²) in [6, 6.07) is 6.09. The third-order valence-electron chi connectivity index (χ3n) is 3.62. The molecule has 1 aromatic rings. The molecule has 2 unspecified atom stereocenters. The monoisotopic (exact) mass is 377 g/mol. The Bertz CT molecular complexity index is 637. The number of nitrogens with one attached hydrogen (secondary N) is 3. The van der Waals surface area contributed by atoms with Gasteiger partial charge in [0.1, 0.15) is 0 Å². The van der Waals surface area contributed by atoms with Gasteiger partial charge in [-0.15, -0.1) is 12.4 Å². The highest BCUT2D eigenvalue weighted by atomic mass is 35.5. The summed E-state index contributed by atoms with van der Waals surface area (Å²) in [5.74, 6) is -0.115. The Morgan fingerprint density at radius 2 is 1.92 bits per heavy atom. The fraction of sp³-hybridized carbons (Fsp3) is 0.533. The first-order chi connectivity index (χ1) is 10.9. The zero-order chi connectivity index (χ0) is 16.9. The summed E-state index contributed by atoms with van der Waals surface area (Å²) in [4.78, 5) is 12.0. The third kappa shape index (κ3) is 6.27. The zero-order valence-electron chi connectivity index (χ0n) is 13.5. The minimum absolute atomic E-state index is 0. The van der Waals surface area contributed by atoms with Gasteiger partial charge >= 0.3 is 0 Å². The third-order valence-corrected chi connectivity index (χ3v) is 4.99. The molecule has 0 aliphatic carbocycles. The van der Waals surface area contributed by atoms with Crippen molar-refractivity contribution in [3.05, 3.63) is 24.3 Å². The van der Waals surface area contributed by atoms with Gasteiger partial charge in [0.2, 0.25) is 15.9 Å². The second-order valence-corrected chi connectivity index (χ2v) is 7.53. The molecular formula is C15H24ClN3O4S. The van der Waals surface area contributed by atoms with Crippen molar-refractivity contribution >= 4 is 39.7 Å². The summed E-state index contributed by atoms with van der Waals surface area (Å²) in [5.41, 5.74) is 1.04. The molecule has 1 amide bonds. The summed E-state index contributed by atoms with van der Waals surface area (Å²) in [5, 5.41) is 15.1. The Morgan fingerprint density at radius 3 is 2.46 bits per heavy atom. The van der Waals surface area contributed by atoms with Crippen molar-refractivity contribution < 1.29 is 18.3 Å². The molecule has 0 aromatic heterocycles. The molecular weight excluding hydrogens is 354 g/mol. The number of benzene rings is 1. The number of unbranched alkanes of at least 4 members (excludes halogenated alkanes) is 1. The Kier molecular flexibility index (Phi) is 7.95. The molecule has 2 rings (SSSR count). The largest absolute Gasteiger partial charge is 0.392 e. The van der Waals surface area contributed by atoms with Crippen LogP contribution in [0.1, 0.15) is 26.2 Å². The molecule has 9 heteroatoms. The lowest BCUT2D eigenvalue weighted by Gasteiger charge is -2.12. The molecule has 2 atom stereocenters. The lowest BCUT2D eigenvalue weighted by molar-refractivity contribution is -0.117. The highest BCUT2D eigenvalue weighted by Crippen LogP contribution is 2.16. The predicted molar refractivity (Wildman–Crippen MR) is 97.1 cm³/mol. The maximum absolute atomic E-state index is 12.0. The quantitative estimate of drug-likeness (QED) is 0.573. The van der Waals surface area contributed by atoms with Crippen LogP contribution in [0.3, 0.4) is 0 Å². The molecule has 0 bridgehead atoms. The lowest BCUT2D eigenvalue weighted by Crippen LogP contribution is -2.35. The van der Waals surface area contributed by atoms with Crippen LogP contribution in [0.2, 0.25) is 0 Å². The first-order valence-electron chi connectivity index (χ1n) is 7.72. The van der Waals surface area contributed by atoms with Crippen LogP contribution in [-0.4, -0.2) is 43.9 Å². The van der Waals surface area contributed by atoms with Crippen molar-refractivity contribution in [2.75, 3.05) is 22.3 Å². The summed E-state index contributed by atoms with van der Waals surface area (Å²) in [6.45, 7) is 2.35. The molecule has 1 heterocycles. The van der Waals surface area contributed by atoms with Crippen molar-refractivity contribution in [2.24, 2.45) is 0 Å². The molecule has 1 fully saturated rings. The van der Waals surface area contributed by atoms with E-state index in [0.29, 0.717) is 30.8 Å². The molecule has 1 aliphatic heterocycles. The SMILES string of the molecule is CCCCS(=O)(=O)Nc1ccc(NC(=O)C2CC(O)CN2)cc1.Cl. The van der Waals surface area contributed by atoms with E-state index >= 15 is 0 Å². The van der Waals surface area contributed by atoms with Crippen LogP contribution >= 0.6 is 12.4 Å². The van der Waals surface area contributed by atoms with Crippen molar-refractivity contribution in [1.29, 1.82) is 0 Å². The van der Waals surface area contributed by atoms with Gasteiger partial charge in [0.05, 0.1) is 17.9 Å². The van der Waals surface area contributed by atoms with Gasteiger partial charge in [-0.25, -0.2) is 8.42 Å². The van der Waals surface area contributed by atoms with Gasteiger partial charge in [-0.2, -0.15) is 0 Å². The van der Waals surface area contributed by atoms with Crippen LogP contribution in [0.15, 0.2) is 24.3 Å². The molecule has 0 saturated carbocycles. The maximum atomic E-state index is 12.0. The average Bonchev–Trinajstić information content (AvgIpc) is 2.94. The predicted octanol–water partition coefficient (Wildman–Crippen LogP) is 1.31. The van der Waals surface area contributed by atoms with Gasteiger partial charge in [0.15, 0.2) is 0 Å². The molecule has 1 aliphatic rings. The molecule has 24 heavy (non-hydrogen) atoms. The topological polar surface area (TPSA) is 108 Å². The van der Waals surface area contributed by atoms with E-state index in [4.69, 9.17) is 0 Å². The normalized spacial score (nSPS) is 20.2. The number of hydrogen-bond acceptors (Lipinski definition) is 5. The second kappa shape index (κ2) is 9.22. The fourth-order valence-corrected chi connectivity index (χ4v) is 3.60. The van der Waals surface area contributed by atoms with Gasteiger partial charge in [-0.1, -0.05) is 13.3 Å². The summed E-state index contributed by atoms with van der Waals surface area (Å²) in [6.07, 6.45) is 1.33. The second-order valence-electron chi connectivity index (χ2n) is 5.69. The number of sulfonamides is 1. The van der Waals surface area contributed by atoms with Crippen molar-refractivity contribution in [1.82, 2.24) is 5.32 Å². The highest BCUT2D eigenvalue weighted by Gasteiger charge is 2.27. The van der Waals surface area contributed by atoms with E-state index in [-0.39, 0.29) is 24.1 Å². The number of aliphatic hydroxyl groups excluding tert-OH is 1. The van der Waals surface area contributed by atoms with Gasteiger partial charge in [0.25, 0.3) is 0 Å². The van der Waals surface area contributed by atoms with E-state index < -0.39 is 22.2 Å². The first-order valence-corrected chi connectivity index (χ1v) is 9.37. The molecule has 136 valence electrons. The fourth-order valence-electron chi connectivity index (χ4n) is 2.33. The van der Waals surface area contributed by atoms with Crippen LogP contribution in [0, 0.1) is 0 Å². The van der Waals surface area contributed by atoms with E-state index in [1.807, 2.05) is 6.92 Å².